The van der Waals surface area contributed by atoms with E-state index in [1.54, 1.807) is 11.8 Å². The molecule has 0 saturated carbocycles. The van der Waals surface area contributed by atoms with Gasteiger partial charge in [0.05, 0.1) is 0 Å². The molecule has 5 nitrogen and oxygen atoms in total. The predicted molar refractivity (Wildman–Crippen MR) is 61.2 cm³/mol. The standard InChI is InChI=1S/C9H18N2O3S/c1-7(8(12)13)11-9(14)10-5-3-4-6-15-2/h7H,3-6H2,1-2H3,(H,12,13)(H2,10,11,14)/t7-/m1/s1. The lowest BCUT2D eigenvalue weighted by Gasteiger charge is -2.10. The van der Waals surface area contributed by atoms with Crippen molar-refractivity contribution in [2.24, 2.45) is 0 Å². The van der Waals surface area contributed by atoms with Crippen LogP contribution >= 0.6 is 11.8 Å². The molecule has 15 heavy (non-hydrogen) atoms. The van der Waals surface area contributed by atoms with Crippen LogP contribution < -0.4 is 10.6 Å². The van der Waals surface area contributed by atoms with Crippen molar-refractivity contribution < 1.29 is 14.7 Å². The number of carbonyl (C=O) groups is 2. The van der Waals surface area contributed by atoms with Gasteiger partial charge in [0.2, 0.25) is 0 Å². The van der Waals surface area contributed by atoms with Crippen LogP contribution in [0.25, 0.3) is 0 Å². The van der Waals surface area contributed by atoms with E-state index in [4.69, 9.17) is 5.11 Å². The van der Waals surface area contributed by atoms with Crippen LogP contribution in [0, 0.1) is 0 Å². The van der Waals surface area contributed by atoms with Gasteiger partial charge in [0.25, 0.3) is 0 Å². The lowest BCUT2D eigenvalue weighted by atomic mass is 10.3. The minimum Gasteiger partial charge on any atom is -0.480 e. The fourth-order valence-corrected chi connectivity index (χ4v) is 1.38. The van der Waals surface area contributed by atoms with Gasteiger partial charge in [-0.2, -0.15) is 11.8 Å². The summed E-state index contributed by atoms with van der Waals surface area (Å²) in [5, 5.41) is 13.4. The zero-order chi connectivity index (χ0) is 11.7. The van der Waals surface area contributed by atoms with Crippen LogP contribution in [0.4, 0.5) is 4.79 Å². The molecule has 1 atom stereocenters. The average molecular weight is 234 g/mol. The molecule has 0 aromatic heterocycles. The second-order valence-electron chi connectivity index (χ2n) is 3.16. The number of nitrogens with one attached hydrogen (secondary N) is 2. The normalized spacial score (nSPS) is 11.9. The van der Waals surface area contributed by atoms with Crippen molar-refractivity contribution in [1.29, 1.82) is 0 Å². The molecule has 0 aliphatic heterocycles. The van der Waals surface area contributed by atoms with Gasteiger partial charge in [-0.3, -0.25) is 4.79 Å². The monoisotopic (exact) mass is 234 g/mol. The van der Waals surface area contributed by atoms with E-state index >= 15 is 0 Å². The molecule has 0 aromatic rings. The van der Waals surface area contributed by atoms with Crippen molar-refractivity contribution >= 4 is 23.8 Å². The maximum absolute atomic E-state index is 11.1. The third-order valence-electron chi connectivity index (χ3n) is 1.78. The van der Waals surface area contributed by atoms with Crippen LogP contribution in [0.3, 0.4) is 0 Å². The van der Waals surface area contributed by atoms with Gasteiger partial charge in [0.1, 0.15) is 6.04 Å². The fourth-order valence-electron chi connectivity index (χ4n) is 0.883. The summed E-state index contributed by atoms with van der Waals surface area (Å²) in [7, 11) is 0. The Balaban J connectivity index is 3.45. The number of hydrogen-bond donors (Lipinski definition) is 3. The van der Waals surface area contributed by atoms with Gasteiger partial charge in [-0.15, -0.1) is 0 Å². The summed E-state index contributed by atoms with van der Waals surface area (Å²) in [5.74, 6) is 0.0435. The molecule has 0 unspecified atom stereocenters. The topological polar surface area (TPSA) is 78.4 Å². The van der Waals surface area contributed by atoms with E-state index in [0.29, 0.717) is 6.54 Å². The Hall–Kier alpha value is -0.910. The highest BCUT2D eigenvalue weighted by molar-refractivity contribution is 7.98. The third-order valence-corrected chi connectivity index (χ3v) is 2.48. The number of carboxylic acid groups (broad SMARTS) is 1. The van der Waals surface area contributed by atoms with E-state index in [1.165, 1.54) is 6.92 Å². The van der Waals surface area contributed by atoms with Gasteiger partial charge >= 0.3 is 12.0 Å². The van der Waals surface area contributed by atoms with Gasteiger partial charge in [-0.1, -0.05) is 0 Å². The largest absolute Gasteiger partial charge is 0.480 e. The fraction of sp³-hybridized carbons (Fsp3) is 0.778. The first-order valence-electron chi connectivity index (χ1n) is 4.84. The zero-order valence-electron chi connectivity index (χ0n) is 9.08. The number of amides is 2. The summed E-state index contributed by atoms with van der Waals surface area (Å²) in [4.78, 5) is 21.5. The van der Waals surface area contributed by atoms with Gasteiger partial charge in [-0.05, 0) is 31.8 Å². The van der Waals surface area contributed by atoms with Crippen LogP contribution in [0.5, 0.6) is 0 Å². The van der Waals surface area contributed by atoms with Crippen molar-refractivity contribution in [3.8, 4) is 0 Å². The molecule has 0 rings (SSSR count). The van der Waals surface area contributed by atoms with E-state index in [0.717, 1.165) is 18.6 Å². The molecule has 0 fully saturated rings. The van der Waals surface area contributed by atoms with Crippen LogP contribution in [-0.2, 0) is 4.79 Å². The smallest absolute Gasteiger partial charge is 0.325 e. The summed E-state index contributed by atoms with van der Waals surface area (Å²) in [6, 6.07) is -1.27. The molecular formula is C9H18N2O3S. The summed E-state index contributed by atoms with van der Waals surface area (Å²) < 4.78 is 0. The number of carboxylic acids is 1. The first-order valence-corrected chi connectivity index (χ1v) is 6.23. The maximum atomic E-state index is 11.1. The molecule has 0 radical (unpaired) electrons. The van der Waals surface area contributed by atoms with Crippen LogP contribution in [0.1, 0.15) is 19.8 Å². The Morgan fingerprint density at radius 2 is 2.07 bits per heavy atom. The number of aliphatic carboxylic acids is 1. The number of carbonyl (C=O) groups excluding carboxylic acids is 1. The lowest BCUT2D eigenvalue weighted by molar-refractivity contribution is -0.138. The lowest BCUT2D eigenvalue weighted by Crippen LogP contribution is -2.44. The predicted octanol–water partition coefficient (Wildman–Crippen LogP) is 0.902. The quantitative estimate of drug-likeness (QED) is 0.572. The second kappa shape index (κ2) is 8.40. The Morgan fingerprint density at radius 3 is 2.60 bits per heavy atom. The minimum atomic E-state index is -1.03. The van der Waals surface area contributed by atoms with Crippen molar-refractivity contribution in [3.63, 3.8) is 0 Å². The van der Waals surface area contributed by atoms with E-state index < -0.39 is 18.0 Å². The molecule has 0 aliphatic carbocycles. The Kier molecular flexibility index (Phi) is 7.89. The Morgan fingerprint density at radius 1 is 1.40 bits per heavy atom. The number of hydrogen-bond acceptors (Lipinski definition) is 3. The van der Waals surface area contributed by atoms with Crippen LogP contribution in [-0.4, -0.2) is 41.7 Å². The molecule has 6 heteroatoms. The SMILES string of the molecule is CSCCCCNC(=O)N[C@H](C)C(=O)O. The molecule has 88 valence electrons. The first kappa shape index (κ1) is 14.1. The molecule has 0 saturated heterocycles. The van der Waals surface area contributed by atoms with Crippen LogP contribution in [0.2, 0.25) is 0 Å². The van der Waals surface area contributed by atoms with Crippen molar-refractivity contribution in [2.45, 2.75) is 25.8 Å². The zero-order valence-corrected chi connectivity index (χ0v) is 9.89. The van der Waals surface area contributed by atoms with E-state index in [-0.39, 0.29) is 0 Å². The molecule has 0 bridgehead atoms. The van der Waals surface area contributed by atoms with Crippen molar-refractivity contribution in [1.82, 2.24) is 10.6 Å². The molecule has 0 heterocycles. The number of rotatable bonds is 7. The summed E-state index contributed by atoms with van der Waals surface area (Å²) in [5.41, 5.74) is 0. The maximum Gasteiger partial charge on any atom is 0.325 e. The van der Waals surface area contributed by atoms with Gasteiger partial charge in [-0.25, -0.2) is 4.79 Å². The third kappa shape index (κ3) is 8.11. The van der Waals surface area contributed by atoms with E-state index in [2.05, 4.69) is 10.6 Å². The summed E-state index contributed by atoms with van der Waals surface area (Å²) >= 11 is 1.77. The minimum absolute atomic E-state index is 0.422. The number of unbranched alkanes of at least 4 members (excludes halogenated alkanes) is 1. The Bertz CT molecular complexity index is 212. The Labute approximate surface area is 94.0 Å². The highest BCUT2D eigenvalue weighted by Crippen LogP contribution is 1.97. The van der Waals surface area contributed by atoms with E-state index in [9.17, 15) is 9.59 Å². The number of urea groups is 1. The molecule has 0 spiro atoms. The molecule has 0 aromatic carbocycles. The van der Waals surface area contributed by atoms with E-state index in [1.807, 2.05) is 6.26 Å². The van der Waals surface area contributed by atoms with Gasteiger partial charge in [0.15, 0.2) is 0 Å². The average Bonchev–Trinajstić information content (AvgIpc) is 2.17. The van der Waals surface area contributed by atoms with Crippen molar-refractivity contribution in [3.05, 3.63) is 0 Å². The van der Waals surface area contributed by atoms with Crippen LogP contribution in [0.15, 0.2) is 0 Å². The summed E-state index contributed by atoms with van der Waals surface area (Å²) in [6.45, 7) is 2.01. The van der Waals surface area contributed by atoms with Crippen molar-refractivity contribution in [2.75, 3.05) is 18.6 Å². The van der Waals surface area contributed by atoms with Gasteiger partial charge in [0, 0.05) is 6.54 Å². The highest BCUT2D eigenvalue weighted by atomic mass is 32.2. The molecule has 0 aliphatic rings. The first-order chi connectivity index (χ1) is 7.07. The second-order valence-corrected chi connectivity index (χ2v) is 4.15. The molecule has 2 amide bonds. The molecular weight excluding hydrogens is 216 g/mol. The highest BCUT2D eigenvalue weighted by Gasteiger charge is 2.12. The summed E-state index contributed by atoms with van der Waals surface area (Å²) in [6.07, 6.45) is 4.00. The van der Waals surface area contributed by atoms with Gasteiger partial charge < -0.3 is 15.7 Å². The molecule has 3 N–H and O–H groups in total. The number of thioether (sulfide) groups is 1.